The molecule has 0 aliphatic rings. The number of aromatic amines is 1. The van der Waals surface area contributed by atoms with Gasteiger partial charge in [-0.3, -0.25) is 4.79 Å². The van der Waals surface area contributed by atoms with E-state index >= 15 is 0 Å². The highest BCUT2D eigenvalue weighted by molar-refractivity contribution is 5.95. The van der Waals surface area contributed by atoms with E-state index in [1.807, 2.05) is 43.3 Å². The van der Waals surface area contributed by atoms with Crippen LogP contribution in [0.1, 0.15) is 17.3 Å². The lowest BCUT2D eigenvalue weighted by atomic mass is 10.0. The number of aromatic nitrogens is 2. The topological polar surface area (TPSA) is 58.2 Å². The summed E-state index contributed by atoms with van der Waals surface area (Å²) in [6.07, 6.45) is 1.69. The van der Waals surface area contributed by atoms with Crippen molar-refractivity contribution in [1.29, 1.82) is 0 Å². The number of carbonyl (C=O) groups excluding carboxylic acids is 1. The van der Waals surface area contributed by atoms with Gasteiger partial charge >= 0.3 is 0 Å². The maximum absolute atomic E-state index is 12.5. The van der Waals surface area contributed by atoms with Gasteiger partial charge in [-0.25, -0.2) is 4.98 Å². The predicted molar refractivity (Wildman–Crippen MR) is 95.0 cm³/mol. The highest BCUT2D eigenvalue weighted by Gasteiger charge is 2.13. The van der Waals surface area contributed by atoms with E-state index < -0.39 is 0 Å². The van der Waals surface area contributed by atoms with Crippen molar-refractivity contribution in [2.75, 3.05) is 26.8 Å². The van der Waals surface area contributed by atoms with E-state index in [0.717, 1.165) is 22.2 Å². The monoisotopic (exact) mass is 323 g/mol. The van der Waals surface area contributed by atoms with Gasteiger partial charge in [-0.1, -0.05) is 18.2 Å². The van der Waals surface area contributed by atoms with Gasteiger partial charge in [0.15, 0.2) is 0 Å². The minimum absolute atomic E-state index is 0.0325. The lowest BCUT2D eigenvalue weighted by molar-refractivity contribution is 0.0706. The number of ether oxygens (including phenoxy) is 1. The zero-order chi connectivity index (χ0) is 16.9. The van der Waals surface area contributed by atoms with E-state index in [2.05, 4.69) is 16.0 Å². The Morgan fingerprint density at radius 1 is 1.17 bits per heavy atom. The SMILES string of the molecule is CCN(CCOC)C(=O)c1ccc(-c2ccc3nc[nH]c3c2)cc1. The van der Waals surface area contributed by atoms with Crippen molar-refractivity contribution >= 4 is 16.9 Å². The first-order valence-corrected chi connectivity index (χ1v) is 8.04. The Balaban J connectivity index is 1.80. The molecule has 0 saturated heterocycles. The summed E-state index contributed by atoms with van der Waals surface area (Å²) in [6, 6.07) is 13.8. The number of imidazole rings is 1. The van der Waals surface area contributed by atoms with Crippen molar-refractivity contribution in [1.82, 2.24) is 14.9 Å². The van der Waals surface area contributed by atoms with Crippen LogP contribution in [0.25, 0.3) is 22.2 Å². The number of rotatable bonds is 6. The molecule has 0 fully saturated rings. The van der Waals surface area contributed by atoms with Crippen LogP contribution < -0.4 is 0 Å². The molecule has 3 rings (SSSR count). The highest BCUT2D eigenvalue weighted by atomic mass is 16.5. The molecule has 1 N–H and O–H groups in total. The summed E-state index contributed by atoms with van der Waals surface area (Å²) in [6.45, 7) is 3.79. The molecule has 0 aliphatic heterocycles. The van der Waals surface area contributed by atoms with E-state index in [9.17, 15) is 4.79 Å². The second-order valence-electron chi connectivity index (χ2n) is 5.59. The van der Waals surface area contributed by atoms with Crippen LogP contribution in [0.5, 0.6) is 0 Å². The number of methoxy groups -OCH3 is 1. The van der Waals surface area contributed by atoms with Crippen LogP contribution in [0, 0.1) is 0 Å². The van der Waals surface area contributed by atoms with E-state index in [1.165, 1.54) is 0 Å². The molecule has 0 bridgehead atoms. The largest absolute Gasteiger partial charge is 0.383 e. The fraction of sp³-hybridized carbons (Fsp3) is 0.263. The Morgan fingerprint density at radius 3 is 2.62 bits per heavy atom. The Labute approximate surface area is 141 Å². The number of amides is 1. The molecule has 5 heteroatoms. The number of hydrogen-bond acceptors (Lipinski definition) is 3. The van der Waals surface area contributed by atoms with Crippen molar-refractivity contribution in [2.45, 2.75) is 6.92 Å². The normalized spacial score (nSPS) is 10.9. The Kier molecular flexibility index (Phi) is 4.91. The number of fused-ring (bicyclic) bond motifs is 1. The first-order valence-electron chi connectivity index (χ1n) is 8.04. The Hall–Kier alpha value is -2.66. The minimum Gasteiger partial charge on any atom is -0.383 e. The van der Waals surface area contributed by atoms with Crippen LogP contribution in [0.15, 0.2) is 48.8 Å². The number of hydrogen-bond donors (Lipinski definition) is 1. The summed E-state index contributed by atoms with van der Waals surface area (Å²) < 4.78 is 5.06. The molecule has 124 valence electrons. The molecule has 0 unspecified atom stereocenters. The summed E-state index contributed by atoms with van der Waals surface area (Å²) in [5.74, 6) is 0.0325. The van der Waals surface area contributed by atoms with Crippen molar-refractivity contribution < 1.29 is 9.53 Å². The maximum atomic E-state index is 12.5. The third kappa shape index (κ3) is 3.31. The number of carbonyl (C=O) groups is 1. The van der Waals surface area contributed by atoms with E-state index in [-0.39, 0.29) is 5.91 Å². The lowest BCUT2D eigenvalue weighted by Crippen LogP contribution is -2.33. The zero-order valence-corrected chi connectivity index (χ0v) is 14.0. The maximum Gasteiger partial charge on any atom is 0.253 e. The average molecular weight is 323 g/mol. The Morgan fingerprint density at radius 2 is 1.92 bits per heavy atom. The molecular weight excluding hydrogens is 302 g/mol. The van der Waals surface area contributed by atoms with E-state index in [0.29, 0.717) is 25.3 Å². The second kappa shape index (κ2) is 7.27. The van der Waals surface area contributed by atoms with E-state index in [4.69, 9.17) is 4.74 Å². The van der Waals surface area contributed by atoms with Crippen molar-refractivity contribution in [3.63, 3.8) is 0 Å². The van der Waals surface area contributed by atoms with Gasteiger partial charge in [0.2, 0.25) is 0 Å². The molecule has 24 heavy (non-hydrogen) atoms. The van der Waals surface area contributed by atoms with E-state index in [1.54, 1.807) is 18.3 Å². The van der Waals surface area contributed by atoms with Gasteiger partial charge in [-0.15, -0.1) is 0 Å². The third-order valence-corrected chi connectivity index (χ3v) is 4.12. The number of nitrogens with one attached hydrogen (secondary N) is 1. The number of likely N-dealkylation sites (N-methyl/N-ethyl adjacent to an activating group) is 1. The fourth-order valence-electron chi connectivity index (χ4n) is 2.71. The molecule has 5 nitrogen and oxygen atoms in total. The summed E-state index contributed by atoms with van der Waals surface area (Å²) >= 11 is 0. The molecule has 1 amide bonds. The van der Waals surface area contributed by atoms with Gasteiger partial charge in [0.1, 0.15) is 0 Å². The van der Waals surface area contributed by atoms with Crippen LogP contribution in [-0.4, -0.2) is 47.6 Å². The Bertz CT molecular complexity index is 824. The van der Waals surface area contributed by atoms with Gasteiger partial charge in [0.25, 0.3) is 5.91 Å². The van der Waals surface area contributed by atoms with Gasteiger partial charge in [0.05, 0.1) is 24.0 Å². The summed E-state index contributed by atoms with van der Waals surface area (Å²) in [5, 5.41) is 0. The lowest BCUT2D eigenvalue weighted by Gasteiger charge is -2.20. The molecule has 3 aromatic rings. The molecule has 0 saturated carbocycles. The molecule has 1 heterocycles. The first kappa shape index (κ1) is 16.2. The van der Waals surface area contributed by atoms with Crippen molar-refractivity contribution in [2.24, 2.45) is 0 Å². The minimum atomic E-state index is 0.0325. The van der Waals surface area contributed by atoms with Crippen LogP contribution in [0.3, 0.4) is 0 Å². The van der Waals surface area contributed by atoms with Gasteiger partial charge in [-0.05, 0) is 42.3 Å². The molecule has 0 aliphatic carbocycles. The molecule has 0 spiro atoms. The first-order chi connectivity index (χ1) is 11.7. The molecule has 0 radical (unpaired) electrons. The summed E-state index contributed by atoms with van der Waals surface area (Å²) in [5.41, 5.74) is 4.81. The fourth-order valence-corrected chi connectivity index (χ4v) is 2.71. The van der Waals surface area contributed by atoms with Crippen LogP contribution in [-0.2, 0) is 4.74 Å². The standard InChI is InChI=1S/C19H21N3O2/c1-3-22(10-11-24-2)19(23)15-6-4-14(5-7-15)16-8-9-17-18(12-16)21-13-20-17/h4-9,12-13H,3,10-11H2,1-2H3,(H,20,21). The summed E-state index contributed by atoms with van der Waals surface area (Å²) in [7, 11) is 1.64. The number of H-pyrrole nitrogens is 1. The van der Waals surface area contributed by atoms with Crippen molar-refractivity contribution in [3.05, 3.63) is 54.4 Å². The highest BCUT2D eigenvalue weighted by Crippen LogP contribution is 2.23. The molecule has 1 aromatic heterocycles. The van der Waals surface area contributed by atoms with Crippen LogP contribution >= 0.6 is 0 Å². The predicted octanol–water partition coefficient (Wildman–Crippen LogP) is 3.34. The smallest absolute Gasteiger partial charge is 0.253 e. The average Bonchev–Trinajstić information content (AvgIpc) is 3.10. The quantitative estimate of drug-likeness (QED) is 0.757. The van der Waals surface area contributed by atoms with Gasteiger partial charge < -0.3 is 14.6 Å². The van der Waals surface area contributed by atoms with Gasteiger partial charge in [0, 0.05) is 25.8 Å². The molecular formula is C19H21N3O2. The second-order valence-corrected chi connectivity index (χ2v) is 5.59. The molecule has 0 atom stereocenters. The number of nitrogens with zero attached hydrogens (tertiary/aromatic N) is 2. The number of benzene rings is 2. The van der Waals surface area contributed by atoms with Crippen molar-refractivity contribution in [3.8, 4) is 11.1 Å². The zero-order valence-electron chi connectivity index (χ0n) is 14.0. The van der Waals surface area contributed by atoms with Crippen LogP contribution in [0.2, 0.25) is 0 Å². The summed E-state index contributed by atoms with van der Waals surface area (Å²) in [4.78, 5) is 21.7. The molecule has 2 aromatic carbocycles. The van der Waals surface area contributed by atoms with Crippen LogP contribution in [0.4, 0.5) is 0 Å². The van der Waals surface area contributed by atoms with Gasteiger partial charge in [-0.2, -0.15) is 0 Å². The third-order valence-electron chi connectivity index (χ3n) is 4.12.